The lowest BCUT2D eigenvalue weighted by Crippen LogP contribution is -2.12. The van der Waals surface area contributed by atoms with Crippen molar-refractivity contribution in [1.29, 1.82) is 0 Å². The van der Waals surface area contributed by atoms with Crippen molar-refractivity contribution in [3.63, 3.8) is 0 Å². The minimum absolute atomic E-state index is 0.146. The van der Waals surface area contributed by atoms with Gasteiger partial charge in [0, 0.05) is 6.42 Å². The molecule has 2 N–H and O–H groups in total. The summed E-state index contributed by atoms with van der Waals surface area (Å²) in [4.78, 5) is 10.9. The minimum atomic E-state index is 0.146. The maximum absolute atomic E-state index is 10.9. The van der Waals surface area contributed by atoms with Gasteiger partial charge in [-0.25, -0.2) is 0 Å². The topological polar surface area (TPSA) is 43.1 Å². The van der Waals surface area contributed by atoms with E-state index in [2.05, 4.69) is 5.92 Å². The van der Waals surface area contributed by atoms with Crippen LogP contribution in [0.15, 0.2) is 0 Å². The molecule has 0 saturated heterocycles. The molecule has 0 aliphatic heterocycles. The summed E-state index contributed by atoms with van der Waals surface area (Å²) in [7, 11) is 0. The zero-order valence-electron chi connectivity index (χ0n) is 6.97. The molecular weight excluding hydrogens is 138 g/mol. The van der Waals surface area contributed by atoms with Crippen LogP contribution in [0.4, 0.5) is 0 Å². The minimum Gasteiger partial charge on any atom is -0.330 e. The molecular formula is C9H15NO. The van der Waals surface area contributed by atoms with Crippen molar-refractivity contribution in [3.05, 3.63) is 0 Å². The Bertz CT molecular complexity index is 157. The van der Waals surface area contributed by atoms with E-state index in [1.165, 1.54) is 0 Å². The summed E-state index contributed by atoms with van der Waals surface area (Å²) < 4.78 is 0. The molecule has 0 heterocycles. The van der Waals surface area contributed by atoms with E-state index in [-0.39, 0.29) is 12.2 Å². The van der Waals surface area contributed by atoms with Crippen LogP contribution in [-0.2, 0) is 4.79 Å². The molecule has 0 amide bonds. The molecule has 0 fully saturated rings. The Morgan fingerprint density at radius 2 is 2.36 bits per heavy atom. The Balaban J connectivity index is 3.39. The Morgan fingerprint density at radius 1 is 1.73 bits per heavy atom. The van der Waals surface area contributed by atoms with E-state index >= 15 is 0 Å². The lowest BCUT2D eigenvalue weighted by atomic mass is 10.0. The predicted octanol–water partition coefficient (Wildman–Crippen LogP) is 0.954. The molecule has 1 unspecified atom stereocenters. The molecule has 0 rings (SSSR count). The number of rotatable bonds is 5. The summed E-state index contributed by atoms with van der Waals surface area (Å²) in [6.07, 6.45) is 6.66. The van der Waals surface area contributed by atoms with Gasteiger partial charge in [0.15, 0.2) is 0 Å². The van der Waals surface area contributed by atoms with Gasteiger partial charge in [0.25, 0.3) is 0 Å². The van der Waals surface area contributed by atoms with Gasteiger partial charge in [-0.1, -0.05) is 12.8 Å². The Kier molecular flexibility index (Phi) is 5.50. The van der Waals surface area contributed by atoms with E-state index in [0.29, 0.717) is 18.9 Å². The molecule has 0 radical (unpaired) electrons. The Hall–Kier alpha value is -0.810. The SMILES string of the molecule is C#CCC(=O)CCC(C)CN. The molecule has 1 atom stereocenters. The Morgan fingerprint density at radius 3 is 2.82 bits per heavy atom. The van der Waals surface area contributed by atoms with Gasteiger partial charge >= 0.3 is 0 Å². The largest absolute Gasteiger partial charge is 0.330 e. The summed E-state index contributed by atoms with van der Waals surface area (Å²) >= 11 is 0. The van der Waals surface area contributed by atoms with Crippen LogP contribution in [-0.4, -0.2) is 12.3 Å². The molecule has 0 aromatic rings. The standard InChI is InChI=1S/C9H15NO/c1-3-4-9(11)6-5-8(2)7-10/h1,8H,4-7,10H2,2H3. The lowest BCUT2D eigenvalue weighted by Gasteiger charge is -2.05. The molecule has 0 aromatic carbocycles. The highest BCUT2D eigenvalue weighted by atomic mass is 16.1. The second-order valence-electron chi connectivity index (χ2n) is 2.80. The van der Waals surface area contributed by atoms with Crippen LogP contribution >= 0.6 is 0 Å². The van der Waals surface area contributed by atoms with Crippen LogP contribution in [0.5, 0.6) is 0 Å². The van der Waals surface area contributed by atoms with E-state index < -0.39 is 0 Å². The molecule has 0 saturated carbocycles. The molecule has 2 heteroatoms. The van der Waals surface area contributed by atoms with E-state index in [0.717, 1.165) is 6.42 Å². The number of nitrogens with two attached hydrogens (primary N) is 1. The van der Waals surface area contributed by atoms with E-state index in [9.17, 15) is 4.79 Å². The fourth-order valence-corrected chi connectivity index (χ4v) is 0.727. The average molecular weight is 153 g/mol. The van der Waals surface area contributed by atoms with Crippen LogP contribution < -0.4 is 5.73 Å². The first-order valence-electron chi connectivity index (χ1n) is 3.86. The van der Waals surface area contributed by atoms with Gasteiger partial charge in [-0.3, -0.25) is 4.79 Å². The highest BCUT2D eigenvalue weighted by molar-refractivity contribution is 5.80. The van der Waals surface area contributed by atoms with Gasteiger partial charge in [0.2, 0.25) is 0 Å². The molecule has 11 heavy (non-hydrogen) atoms. The normalized spacial score (nSPS) is 12.1. The molecule has 0 bridgehead atoms. The van der Waals surface area contributed by atoms with Crippen molar-refractivity contribution in [2.75, 3.05) is 6.54 Å². The number of ketones is 1. The number of carbonyl (C=O) groups excluding carboxylic acids is 1. The highest BCUT2D eigenvalue weighted by Gasteiger charge is 2.03. The zero-order chi connectivity index (χ0) is 8.69. The van der Waals surface area contributed by atoms with Crippen molar-refractivity contribution in [2.45, 2.75) is 26.2 Å². The summed E-state index contributed by atoms with van der Waals surface area (Å²) in [6, 6.07) is 0. The second-order valence-corrected chi connectivity index (χ2v) is 2.80. The molecule has 0 aliphatic rings. The van der Waals surface area contributed by atoms with Crippen LogP contribution in [0.1, 0.15) is 26.2 Å². The predicted molar refractivity (Wildman–Crippen MR) is 45.9 cm³/mol. The van der Waals surface area contributed by atoms with Crippen LogP contribution in [0.3, 0.4) is 0 Å². The summed E-state index contributed by atoms with van der Waals surface area (Å²) in [6.45, 7) is 2.67. The van der Waals surface area contributed by atoms with Gasteiger partial charge in [0.05, 0.1) is 6.42 Å². The fraction of sp³-hybridized carbons (Fsp3) is 0.667. The van der Waals surface area contributed by atoms with Gasteiger partial charge in [0.1, 0.15) is 5.78 Å². The van der Waals surface area contributed by atoms with Crippen molar-refractivity contribution in [2.24, 2.45) is 11.7 Å². The van der Waals surface area contributed by atoms with Crippen molar-refractivity contribution in [3.8, 4) is 12.3 Å². The maximum atomic E-state index is 10.9. The van der Waals surface area contributed by atoms with Crippen LogP contribution in [0.2, 0.25) is 0 Å². The highest BCUT2D eigenvalue weighted by Crippen LogP contribution is 2.04. The number of hydrogen-bond donors (Lipinski definition) is 1. The zero-order valence-corrected chi connectivity index (χ0v) is 6.97. The number of hydrogen-bond acceptors (Lipinski definition) is 2. The van der Waals surface area contributed by atoms with E-state index in [1.807, 2.05) is 6.92 Å². The molecule has 0 aliphatic carbocycles. The number of Topliss-reactive ketones (excluding diaryl/α,β-unsaturated/α-hetero) is 1. The van der Waals surface area contributed by atoms with Crippen molar-refractivity contribution >= 4 is 5.78 Å². The van der Waals surface area contributed by atoms with E-state index in [4.69, 9.17) is 12.2 Å². The average Bonchev–Trinajstić information content (AvgIpc) is 2.01. The molecule has 0 spiro atoms. The number of terminal acetylenes is 1. The third-order valence-corrected chi connectivity index (χ3v) is 1.62. The third-order valence-electron chi connectivity index (χ3n) is 1.62. The first kappa shape index (κ1) is 10.2. The fourth-order valence-electron chi connectivity index (χ4n) is 0.727. The van der Waals surface area contributed by atoms with Crippen LogP contribution in [0, 0.1) is 18.3 Å². The summed E-state index contributed by atoms with van der Waals surface area (Å²) in [5.41, 5.74) is 5.38. The van der Waals surface area contributed by atoms with Gasteiger partial charge in [-0.05, 0) is 18.9 Å². The lowest BCUT2D eigenvalue weighted by molar-refractivity contribution is -0.118. The third kappa shape index (κ3) is 5.63. The molecule has 2 nitrogen and oxygen atoms in total. The summed E-state index contributed by atoms with van der Waals surface area (Å²) in [5, 5.41) is 0. The van der Waals surface area contributed by atoms with Gasteiger partial charge in [-0.15, -0.1) is 6.42 Å². The van der Waals surface area contributed by atoms with Crippen molar-refractivity contribution in [1.82, 2.24) is 0 Å². The second kappa shape index (κ2) is 5.94. The molecule has 62 valence electrons. The smallest absolute Gasteiger partial charge is 0.144 e. The van der Waals surface area contributed by atoms with Crippen molar-refractivity contribution < 1.29 is 4.79 Å². The first-order valence-corrected chi connectivity index (χ1v) is 3.86. The van der Waals surface area contributed by atoms with Gasteiger partial charge < -0.3 is 5.73 Å². The monoisotopic (exact) mass is 153 g/mol. The van der Waals surface area contributed by atoms with Gasteiger partial charge in [-0.2, -0.15) is 0 Å². The first-order chi connectivity index (χ1) is 5.20. The maximum Gasteiger partial charge on any atom is 0.144 e. The van der Waals surface area contributed by atoms with Crippen LogP contribution in [0.25, 0.3) is 0 Å². The number of carbonyl (C=O) groups is 1. The Labute approximate surface area is 68.2 Å². The molecule has 0 aromatic heterocycles. The quantitative estimate of drug-likeness (QED) is 0.598. The van der Waals surface area contributed by atoms with E-state index in [1.54, 1.807) is 0 Å². The summed E-state index contributed by atoms with van der Waals surface area (Å²) in [5.74, 6) is 2.90.